The monoisotopic (exact) mass is 301 g/mol. The van der Waals surface area contributed by atoms with Gasteiger partial charge < -0.3 is 9.84 Å². The van der Waals surface area contributed by atoms with Gasteiger partial charge in [0.2, 0.25) is 5.88 Å². The van der Waals surface area contributed by atoms with Crippen molar-refractivity contribution < 1.29 is 14.6 Å². The molecule has 22 heavy (non-hydrogen) atoms. The fourth-order valence-corrected chi connectivity index (χ4v) is 2.31. The van der Waals surface area contributed by atoms with Crippen LogP contribution in [0.5, 0.6) is 5.88 Å². The molecule has 0 saturated carbocycles. The normalized spacial score (nSPS) is 10.5. The molecular formula is C17H19NO4. The maximum absolute atomic E-state index is 12.3. The minimum atomic E-state index is -0.665. The van der Waals surface area contributed by atoms with Crippen LogP contribution in [0.25, 0.3) is 11.1 Å². The van der Waals surface area contributed by atoms with Gasteiger partial charge in [0.05, 0.1) is 7.11 Å². The summed E-state index contributed by atoms with van der Waals surface area (Å²) < 4.78 is 5.97. The number of carbonyl (C=O) groups excluding carboxylic acids is 1. The molecule has 0 saturated heterocycles. The zero-order valence-corrected chi connectivity index (χ0v) is 12.7. The molecule has 0 amide bonds. The van der Waals surface area contributed by atoms with Crippen molar-refractivity contribution >= 4 is 5.97 Å². The molecule has 1 aromatic carbocycles. The molecule has 5 nitrogen and oxygen atoms in total. The summed E-state index contributed by atoms with van der Waals surface area (Å²) >= 11 is 0. The average Bonchev–Trinajstić information content (AvgIpc) is 2.54. The fraction of sp³-hybridized carbons (Fsp3) is 0.294. The second kappa shape index (κ2) is 6.93. The van der Waals surface area contributed by atoms with E-state index in [0.717, 1.165) is 12.8 Å². The molecule has 2 rings (SSSR count). The van der Waals surface area contributed by atoms with Crippen LogP contribution < -0.4 is 5.56 Å². The minimum Gasteiger partial charge on any atom is -0.494 e. The molecule has 0 spiro atoms. The summed E-state index contributed by atoms with van der Waals surface area (Å²) in [7, 11) is 1.25. The van der Waals surface area contributed by atoms with E-state index in [-0.39, 0.29) is 17.0 Å². The number of esters is 1. The van der Waals surface area contributed by atoms with E-state index in [0.29, 0.717) is 17.7 Å². The molecule has 0 bridgehead atoms. The first-order valence-corrected chi connectivity index (χ1v) is 7.20. The van der Waals surface area contributed by atoms with Crippen molar-refractivity contribution in [2.24, 2.45) is 0 Å². The van der Waals surface area contributed by atoms with Crippen molar-refractivity contribution in [1.82, 2.24) is 4.57 Å². The van der Waals surface area contributed by atoms with Gasteiger partial charge >= 0.3 is 5.97 Å². The predicted molar refractivity (Wildman–Crippen MR) is 84.1 cm³/mol. The quantitative estimate of drug-likeness (QED) is 0.862. The molecule has 0 unspecified atom stereocenters. The van der Waals surface area contributed by atoms with Gasteiger partial charge in [-0.15, -0.1) is 0 Å². The first kappa shape index (κ1) is 15.8. The summed E-state index contributed by atoms with van der Waals surface area (Å²) in [4.78, 5) is 24.3. The van der Waals surface area contributed by atoms with E-state index in [2.05, 4.69) is 0 Å². The highest BCUT2D eigenvalue weighted by Crippen LogP contribution is 2.29. The maximum Gasteiger partial charge on any atom is 0.343 e. The molecule has 1 aromatic heterocycles. The van der Waals surface area contributed by atoms with Crippen molar-refractivity contribution in [2.45, 2.75) is 26.3 Å². The third kappa shape index (κ3) is 3.03. The smallest absolute Gasteiger partial charge is 0.343 e. The van der Waals surface area contributed by atoms with Gasteiger partial charge in [0.15, 0.2) is 0 Å². The van der Waals surface area contributed by atoms with Gasteiger partial charge in [-0.25, -0.2) is 4.79 Å². The number of methoxy groups -OCH3 is 1. The Morgan fingerprint density at radius 2 is 1.95 bits per heavy atom. The highest BCUT2D eigenvalue weighted by molar-refractivity contribution is 5.99. The summed E-state index contributed by atoms with van der Waals surface area (Å²) in [5.74, 6) is -1.01. The third-order valence-electron chi connectivity index (χ3n) is 3.49. The average molecular weight is 301 g/mol. The van der Waals surface area contributed by atoms with E-state index >= 15 is 0 Å². The molecule has 1 N–H and O–H groups in total. The number of unbranched alkanes of at least 4 members (excludes halogenated alkanes) is 1. The molecule has 0 atom stereocenters. The summed E-state index contributed by atoms with van der Waals surface area (Å²) in [6, 6.07) is 10.4. The summed E-state index contributed by atoms with van der Waals surface area (Å²) in [5, 5.41) is 10.4. The Morgan fingerprint density at radius 1 is 1.27 bits per heavy atom. The molecule has 0 fully saturated rings. The Bertz CT molecular complexity index is 719. The lowest BCUT2D eigenvalue weighted by Gasteiger charge is -2.15. The Kier molecular flexibility index (Phi) is 4.99. The number of ether oxygens (including phenoxy) is 1. The van der Waals surface area contributed by atoms with Gasteiger partial charge in [-0.2, -0.15) is 0 Å². The third-order valence-corrected chi connectivity index (χ3v) is 3.49. The van der Waals surface area contributed by atoms with Crippen molar-refractivity contribution in [3.8, 4) is 17.0 Å². The molecule has 0 aliphatic rings. The largest absolute Gasteiger partial charge is 0.494 e. The van der Waals surface area contributed by atoms with Gasteiger partial charge in [-0.1, -0.05) is 43.7 Å². The number of rotatable bonds is 5. The summed E-state index contributed by atoms with van der Waals surface area (Å²) in [6.45, 7) is 2.35. The molecule has 0 aliphatic heterocycles. The van der Waals surface area contributed by atoms with Crippen LogP contribution in [0.2, 0.25) is 0 Å². The first-order valence-electron chi connectivity index (χ1n) is 7.20. The number of hydrogen-bond acceptors (Lipinski definition) is 4. The van der Waals surface area contributed by atoms with Gasteiger partial charge in [0.1, 0.15) is 5.56 Å². The molecule has 5 heteroatoms. The number of aromatic nitrogens is 1. The number of carbonyl (C=O) groups is 1. The summed E-state index contributed by atoms with van der Waals surface area (Å²) in [5.41, 5.74) is 0.738. The number of pyridine rings is 1. The van der Waals surface area contributed by atoms with Crippen LogP contribution in [0.1, 0.15) is 30.1 Å². The van der Waals surface area contributed by atoms with Crippen molar-refractivity contribution in [3.05, 3.63) is 52.3 Å². The van der Waals surface area contributed by atoms with Crippen LogP contribution in [0, 0.1) is 0 Å². The van der Waals surface area contributed by atoms with E-state index < -0.39 is 5.97 Å². The molecule has 1 heterocycles. The molecule has 0 radical (unpaired) electrons. The second-order valence-electron chi connectivity index (χ2n) is 4.96. The van der Waals surface area contributed by atoms with E-state index in [1.807, 2.05) is 13.0 Å². The molecule has 0 aliphatic carbocycles. The van der Waals surface area contributed by atoms with Gasteiger partial charge in [-0.3, -0.25) is 9.36 Å². The molecule has 2 aromatic rings. The topological polar surface area (TPSA) is 68.5 Å². The fourth-order valence-electron chi connectivity index (χ4n) is 2.31. The minimum absolute atomic E-state index is 0.0180. The number of benzene rings is 1. The van der Waals surface area contributed by atoms with Gasteiger partial charge in [0, 0.05) is 18.2 Å². The van der Waals surface area contributed by atoms with Crippen molar-refractivity contribution in [3.63, 3.8) is 0 Å². The highest BCUT2D eigenvalue weighted by atomic mass is 16.5. The lowest BCUT2D eigenvalue weighted by Crippen LogP contribution is -2.23. The van der Waals surface area contributed by atoms with E-state index in [1.165, 1.54) is 17.7 Å². The molecule has 116 valence electrons. The van der Waals surface area contributed by atoms with Crippen LogP contribution in [0.3, 0.4) is 0 Å². The van der Waals surface area contributed by atoms with Crippen LogP contribution in [0.15, 0.2) is 41.2 Å². The first-order chi connectivity index (χ1) is 10.6. The standard InChI is InChI=1S/C17H19NO4/c1-3-4-10-18-14(19)11-13(12-8-6-5-7-9-12)15(16(18)20)17(21)22-2/h5-9,11,20H,3-4,10H2,1-2H3. The molecular weight excluding hydrogens is 282 g/mol. The summed E-state index contributed by atoms with van der Waals surface area (Å²) in [6.07, 6.45) is 1.61. The second-order valence-corrected chi connectivity index (χ2v) is 4.96. The number of nitrogens with zero attached hydrogens (tertiary/aromatic N) is 1. The lowest BCUT2D eigenvalue weighted by molar-refractivity contribution is 0.0596. The number of aromatic hydroxyl groups is 1. The maximum atomic E-state index is 12.3. The van der Waals surface area contributed by atoms with Crippen molar-refractivity contribution in [1.29, 1.82) is 0 Å². The van der Waals surface area contributed by atoms with Crippen LogP contribution in [0.4, 0.5) is 0 Å². The van der Waals surface area contributed by atoms with E-state index in [1.54, 1.807) is 24.3 Å². The van der Waals surface area contributed by atoms with Crippen molar-refractivity contribution in [2.75, 3.05) is 7.11 Å². The van der Waals surface area contributed by atoms with Gasteiger partial charge in [-0.05, 0) is 12.0 Å². The Balaban J connectivity index is 2.69. The number of hydrogen-bond donors (Lipinski definition) is 1. The highest BCUT2D eigenvalue weighted by Gasteiger charge is 2.22. The Morgan fingerprint density at radius 3 is 2.55 bits per heavy atom. The Hall–Kier alpha value is -2.56. The lowest BCUT2D eigenvalue weighted by atomic mass is 10.0. The van der Waals surface area contributed by atoms with Crippen LogP contribution in [-0.2, 0) is 11.3 Å². The van der Waals surface area contributed by atoms with Crippen LogP contribution in [-0.4, -0.2) is 22.8 Å². The SMILES string of the molecule is CCCCn1c(O)c(C(=O)OC)c(-c2ccccc2)cc1=O. The van der Waals surface area contributed by atoms with Crippen LogP contribution >= 0.6 is 0 Å². The van der Waals surface area contributed by atoms with Gasteiger partial charge in [0.25, 0.3) is 5.56 Å². The van der Waals surface area contributed by atoms with E-state index in [9.17, 15) is 14.7 Å². The Labute approximate surface area is 128 Å². The van der Waals surface area contributed by atoms with E-state index in [4.69, 9.17) is 4.74 Å². The zero-order chi connectivity index (χ0) is 16.1. The predicted octanol–water partition coefficient (Wildman–Crippen LogP) is 2.81. The zero-order valence-electron chi connectivity index (χ0n) is 12.7.